The third-order valence-electron chi connectivity index (χ3n) is 2.63. The van der Waals surface area contributed by atoms with Crippen LogP contribution < -0.4 is 5.32 Å². The highest BCUT2D eigenvalue weighted by Crippen LogP contribution is 2.16. The van der Waals surface area contributed by atoms with Gasteiger partial charge in [-0.15, -0.1) is 0 Å². The summed E-state index contributed by atoms with van der Waals surface area (Å²) in [4.78, 5) is 22.5. The van der Waals surface area contributed by atoms with E-state index >= 15 is 0 Å². The summed E-state index contributed by atoms with van der Waals surface area (Å²) in [6.45, 7) is 4.39. The lowest BCUT2D eigenvalue weighted by Crippen LogP contribution is -2.19. The number of aromatic carboxylic acids is 1. The molecule has 0 saturated heterocycles. The average Bonchev–Trinajstić information content (AvgIpc) is 2.37. The van der Waals surface area contributed by atoms with Gasteiger partial charge in [0.1, 0.15) is 6.61 Å². The van der Waals surface area contributed by atoms with Crippen LogP contribution in [0.5, 0.6) is 0 Å². The minimum atomic E-state index is -1.02. The molecule has 0 heterocycles. The molecule has 0 radical (unpaired) electrons. The number of carboxylic acid groups (broad SMARTS) is 1. The number of carbonyl (C=O) groups excluding carboxylic acids is 1. The summed E-state index contributed by atoms with van der Waals surface area (Å²) < 4.78 is 5.20. The van der Waals surface area contributed by atoms with Crippen LogP contribution in [0.3, 0.4) is 0 Å². The van der Waals surface area contributed by atoms with E-state index in [-0.39, 0.29) is 18.1 Å². The summed E-state index contributed by atoms with van der Waals surface area (Å²) in [5.74, 6) is -1.29. The number of benzene rings is 1. The average molecular weight is 265 g/mol. The molecule has 0 unspecified atom stereocenters. The molecule has 0 atom stereocenters. The first-order valence-electron chi connectivity index (χ1n) is 6.26. The molecule has 5 heteroatoms. The van der Waals surface area contributed by atoms with E-state index in [0.717, 1.165) is 18.4 Å². The van der Waals surface area contributed by atoms with Gasteiger partial charge in [-0.2, -0.15) is 0 Å². The van der Waals surface area contributed by atoms with Gasteiger partial charge in [-0.05, 0) is 31.0 Å². The number of aryl methyl sites for hydroxylation is 1. The number of hydrogen-bond donors (Lipinski definition) is 2. The van der Waals surface area contributed by atoms with Crippen LogP contribution in [0.4, 0.5) is 5.69 Å². The Morgan fingerprint density at radius 2 is 2.11 bits per heavy atom. The van der Waals surface area contributed by atoms with Gasteiger partial charge in [0.15, 0.2) is 0 Å². The first kappa shape index (κ1) is 15.2. The zero-order chi connectivity index (χ0) is 14.3. The highest BCUT2D eigenvalue weighted by molar-refractivity contribution is 5.95. The first-order chi connectivity index (χ1) is 9.04. The Bertz CT molecular complexity index is 457. The largest absolute Gasteiger partial charge is 0.478 e. The molecule has 0 fully saturated rings. The van der Waals surface area contributed by atoms with Crippen molar-refractivity contribution in [3.8, 4) is 0 Å². The summed E-state index contributed by atoms with van der Waals surface area (Å²) in [6.07, 6.45) is 1.93. The van der Waals surface area contributed by atoms with Crippen LogP contribution in [-0.4, -0.2) is 30.2 Å². The SMILES string of the molecule is CCCCOCC(=O)Nc1cc(C(=O)O)ccc1C. The van der Waals surface area contributed by atoms with Crippen LogP contribution in [0.2, 0.25) is 0 Å². The number of rotatable bonds is 7. The maximum atomic E-state index is 11.6. The molecule has 0 saturated carbocycles. The van der Waals surface area contributed by atoms with Gasteiger partial charge in [0.05, 0.1) is 5.56 Å². The summed E-state index contributed by atoms with van der Waals surface area (Å²) in [5.41, 5.74) is 1.46. The summed E-state index contributed by atoms with van der Waals surface area (Å²) in [7, 11) is 0. The van der Waals surface area contributed by atoms with Crippen molar-refractivity contribution >= 4 is 17.6 Å². The van der Waals surface area contributed by atoms with Gasteiger partial charge < -0.3 is 15.2 Å². The Labute approximate surface area is 112 Å². The van der Waals surface area contributed by atoms with Crippen molar-refractivity contribution in [1.29, 1.82) is 0 Å². The molecule has 0 spiro atoms. The van der Waals surface area contributed by atoms with Gasteiger partial charge in [0.25, 0.3) is 0 Å². The number of anilines is 1. The normalized spacial score (nSPS) is 10.2. The fraction of sp³-hybridized carbons (Fsp3) is 0.429. The Hall–Kier alpha value is -1.88. The Balaban J connectivity index is 2.58. The fourth-order valence-corrected chi connectivity index (χ4v) is 1.49. The topological polar surface area (TPSA) is 75.6 Å². The molecule has 0 aliphatic rings. The van der Waals surface area contributed by atoms with Gasteiger partial charge in [0, 0.05) is 12.3 Å². The van der Waals surface area contributed by atoms with Crippen LogP contribution >= 0.6 is 0 Å². The molecule has 1 amide bonds. The highest BCUT2D eigenvalue weighted by Gasteiger charge is 2.09. The summed E-state index contributed by atoms with van der Waals surface area (Å²) >= 11 is 0. The molecule has 2 N–H and O–H groups in total. The zero-order valence-corrected chi connectivity index (χ0v) is 11.2. The Morgan fingerprint density at radius 1 is 1.37 bits per heavy atom. The van der Waals surface area contributed by atoms with E-state index in [2.05, 4.69) is 5.32 Å². The molecule has 0 bridgehead atoms. The summed E-state index contributed by atoms with van der Waals surface area (Å²) in [5, 5.41) is 11.6. The van der Waals surface area contributed by atoms with Crippen LogP contribution in [0.15, 0.2) is 18.2 Å². The van der Waals surface area contributed by atoms with Crippen molar-refractivity contribution in [2.24, 2.45) is 0 Å². The predicted octanol–water partition coefficient (Wildman–Crippen LogP) is 2.45. The lowest BCUT2D eigenvalue weighted by atomic mass is 10.1. The van der Waals surface area contributed by atoms with Crippen molar-refractivity contribution in [1.82, 2.24) is 0 Å². The van der Waals surface area contributed by atoms with Gasteiger partial charge in [0.2, 0.25) is 5.91 Å². The molecule has 19 heavy (non-hydrogen) atoms. The van der Waals surface area contributed by atoms with Crippen molar-refractivity contribution < 1.29 is 19.4 Å². The molecule has 1 aromatic carbocycles. The van der Waals surface area contributed by atoms with Gasteiger partial charge >= 0.3 is 5.97 Å². The number of amides is 1. The second-order valence-electron chi connectivity index (χ2n) is 4.29. The van der Waals surface area contributed by atoms with Crippen LogP contribution in [0, 0.1) is 6.92 Å². The molecular formula is C14H19NO4. The van der Waals surface area contributed by atoms with Gasteiger partial charge in [-0.3, -0.25) is 4.79 Å². The van der Waals surface area contributed by atoms with E-state index in [0.29, 0.717) is 12.3 Å². The van der Waals surface area contributed by atoms with E-state index in [4.69, 9.17) is 9.84 Å². The number of hydrogen-bond acceptors (Lipinski definition) is 3. The first-order valence-corrected chi connectivity index (χ1v) is 6.26. The smallest absolute Gasteiger partial charge is 0.335 e. The zero-order valence-electron chi connectivity index (χ0n) is 11.2. The molecule has 5 nitrogen and oxygen atoms in total. The van der Waals surface area contributed by atoms with Crippen molar-refractivity contribution in [3.63, 3.8) is 0 Å². The summed E-state index contributed by atoms with van der Waals surface area (Å²) in [6, 6.07) is 4.61. The number of unbranched alkanes of at least 4 members (excludes halogenated alkanes) is 1. The lowest BCUT2D eigenvalue weighted by Gasteiger charge is -2.09. The Kier molecular flexibility index (Phi) is 6.02. The van der Waals surface area contributed by atoms with Crippen LogP contribution in [-0.2, 0) is 9.53 Å². The minimum absolute atomic E-state index is 0.0171. The van der Waals surface area contributed by atoms with Crippen molar-refractivity contribution in [2.45, 2.75) is 26.7 Å². The number of carboxylic acids is 1. The van der Waals surface area contributed by atoms with E-state index in [1.165, 1.54) is 12.1 Å². The van der Waals surface area contributed by atoms with E-state index in [1.54, 1.807) is 13.0 Å². The Morgan fingerprint density at radius 3 is 2.74 bits per heavy atom. The monoisotopic (exact) mass is 265 g/mol. The fourth-order valence-electron chi connectivity index (χ4n) is 1.49. The number of ether oxygens (including phenoxy) is 1. The molecule has 0 aromatic heterocycles. The third-order valence-corrected chi connectivity index (χ3v) is 2.63. The molecule has 1 aromatic rings. The molecule has 0 aliphatic carbocycles. The molecule has 0 aliphatic heterocycles. The van der Waals surface area contributed by atoms with Crippen molar-refractivity contribution in [3.05, 3.63) is 29.3 Å². The van der Waals surface area contributed by atoms with Crippen molar-refractivity contribution in [2.75, 3.05) is 18.5 Å². The second-order valence-corrected chi connectivity index (χ2v) is 4.29. The highest BCUT2D eigenvalue weighted by atomic mass is 16.5. The molecule has 104 valence electrons. The third kappa shape index (κ3) is 5.09. The molecular weight excluding hydrogens is 246 g/mol. The molecule has 1 rings (SSSR count). The van der Waals surface area contributed by atoms with E-state index in [9.17, 15) is 9.59 Å². The second kappa shape index (κ2) is 7.53. The maximum Gasteiger partial charge on any atom is 0.335 e. The number of nitrogens with one attached hydrogen (secondary N) is 1. The van der Waals surface area contributed by atoms with Gasteiger partial charge in [-0.1, -0.05) is 19.4 Å². The predicted molar refractivity (Wildman–Crippen MR) is 72.5 cm³/mol. The maximum absolute atomic E-state index is 11.6. The van der Waals surface area contributed by atoms with Crippen LogP contribution in [0.1, 0.15) is 35.7 Å². The van der Waals surface area contributed by atoms with E-state index in [1.807, 2.05) is 6.92 Å². The lowest BCUT2D eigenvalue weighted by molar-refractivity contribution is -0.120. The van der Waals surface area contributed by atoms with Gasteiger partial charge in [-0.25, -0.2) is 4.79 Å². The van der Waals surface area contributed by atoms with Crippen LogP contribution in [0.25, 0.3) is 0 Å². The quantitative estimate of drug-likeness (QED) is 0.742. The van der Waals surface area contributed by atoms with E-state index < -0.39 is 5.97 Å². The minimum Gasteiger partial charge on any atom is -0.478 e. The standard InChI is InChI=1S/C14H19NO4/c1-3-4-7-19-9-13(16)15-12-8-11(14(17)18)6-5-10(12)2/h5-6,8H,3-4,7,9H2,1-2H3,(H,15,16)(H,17,18). The number of carbonyl (C=O) groups is 2.